The van der Waals surface area contributed by atoms with E-state index in [2.05, 4.69) is 53.2 Å². The number of rotatable bonds is 8. The standard InChI is InChI=1S/C30H35FN6O2/c1-18(2)20-6-8-24(31)25(14-20)33-30-34-26-15-22(7-9-27(26)36(30)5)39-23-10-12-32-28(16-23)35-29(38)21-11-13-37(17-21)19(3)4/h6-10,12,14-16,18-19,21H,11,13,17H2,1-5H3,(H,33,34)(H,32,35,38)/t21-/m1/s1. The molecule has 1 aliphatic heterocycles. The number of nitrogens with one attached hydrogen (secondary N) is 2. The lowest BCUT2D eigenvalue weighted by molar-refractivity contribution is -0.119. The number of amides is 1. The summed E-state index contributed by atoms with van der Waals surface area (Å²) >= 11 is 0. The van der Waals surface area contributed by atoms with Crippen molar-refractivity contribution in [3.05, 3.63) is 66.1 Å². The Bertz CT molecular complexity index is 1500. The summed E-state index contributed by atoms with van der Waals surface area (Å²) in [5.41, 5.74) is 3.01. The number of carbonyl (C=O) groups is 1. The highest BCUT2D eigenvalue weighted by Gasteiger charge is 2.29. The molecule has 8 nitrogen and oxygen atoms in total. The van der Waals surface area contributed by atoms with Crippen molar-refractivity contribution in [3.63, 3.8) is 0 Å². The average molecular weight is 531 g/mol. The van der Waals surface area contributed by atoms with Gasteiger partial charge >= 0.3 is 0 Å². The Hall–Kier alpha value is -3.98. The molecule has 1 saturated heterocycles. The predicted molar refractivity (Wildman–Crippen MR) is 152 cm³/mol. The Kier molecular flexibility index (Phi) is 7.52. The molecule has 1 aliphatic rings. The number of aromatic nitrogens is 3. The van der Waals surface area contributed by atoms with Crippen molar-refractivity contribution in [2.24, 2.45) is 13.0 Å². The van der Waals surface area contributed by atoms with Gasteiger partial charge in [0.15, 0.2) is 0 Å². The second-order valence-electron chi connectivity index (χ2n) is 10.7. The molecule has 1 atom stereocenters. The van der Waals surface area contributed by atoms with Gasteiger partial charge in [-0.2, -0.15) is 0 Å². The molecule has 2 aromatic carbocycles. The molecule has 1 amide bonds. The number of anilines is 3. The third kappa shape index (κ3) is 5.88. The second kappa shape index (κ2) is 11.0. The lowest BCUT2D eigenvalue weighted by Gasteiger charge is -2.19. The van der Waals surface area contributed by atoms with Crippen LogP contribution >= 0.6 is 0 Å². The average Bonchev–Trinajstić information content (AvgIpc) is 3.51. The molecular weight excluding hydrogens is 495 g/mol. The van der Waals surface area contributed by atoms with Gasteiger partial charge in [-0.1, -0.05) is 19.9 Å². The number of pyridine rings is 1. The van der Waals surface area contributed by atoms with Gasteiger partial charge in [-0.3, -0.25) is 4.79 Å². The van der Waals surface area contributed by atoms with Gasteiger partial charge in [0.1, 0.15) is 23.1 Å². The second-order valence-corrected chi connectivity index (χ2v) is 10.7. The fourth-order valence-corrected chi connectivity index (χ4v) is 4.85. The third-order valence-corrected chi connectivity index (χ3v) is 7.29. The number of imidazole rings is 1. The van der Waals surface area contributed by atoms with Crippen LogP contribution in [0, 0.1) is 11.7 Å². The van der Waals surface area contributed by atoms with Crippen molar-refractivity contribution in [1.29, 1.82) is 0 Å². The van der Waals surface area contributed by atoms with E-state index in [9.17, 15) is 9.18 Å². The zero-order valence-corrected chi connectivity index (χ0v) is 23.0. The number of likely N-dealkylation sites (tertiary alicyclic amines) is 1. The number of nitrogens with zero attached hydrogens (tertiary/aromatic N) is 4. The van der Waals surface area contributed by atoms with E-state index >= 15 is 0 Å². The third-order valence-electron chi connectivity index (χ3n) is 7.29. The number of halogens is 1. The maximum atomic E-state index is 14.5. The smallest absolute Gasteiger partial charge is 0.229 e. The molecule has 4 aromatic rings. The highest BCUT2D eigenvalue weighted by atomic mass is 19.1. The van der Waals surface area contributed by atoms with Gasteiger partial charge in [-0.05, 0) is 68.6 Å². The number of carbonyl (C=O) groups excluding carboxylic acids is 1. The van der Waals surface area contributed by atoms with E-state index in [1.165, 1.54) is 6.07 Å². The first-order valence-corrected chi connectivity index (χ1v) is 13.4. The van der Waals surface area contributed by atoms with Crippen LogP contribution in [-0.4, -0.2) is 44.5 Å². The molecule has 0 saturated carbocycles. The zero-order valence-electron chi connectivity index (χ0n) is 23.0. The maximum Gasteiger partial charge on any atom is 0.229 e. The summed E-state index contributed by atoms with van der Waals surface area (Å²) in [6, 6.07) is 14.6. The fourth-order valence-electron chi connectivity index (χ4n) is 4.85. The van der Waals surface area contributed by atoms with E-state index in [0.29, 0.717) is 40.5 Å². The molecule has 2 N–H and O–H groups in total. The predicted octanol–water partition coefficient (Wildman–Crippen LogP) is 6.44. The van der Waals surface area contributed by atoms with Gasteiger partial charge in [0.2, 0.25) is 11.9 Å². The normalized spacial score (nSPS) is 15.8. The number of hydrogen-bond acceptors (Lipinski definition) is 6. The first-order chi connectivity index (χ1) is 18.7. The van der Waals surface area contributed by atoms with Crippen molar-refractivity contribution < 1.29 is 13.9 Å². The molecule has 0 radical (unpaired) electrons. The van der Waals surface area contributed by atoms with E-state index in [0.717, 1.165) is 30.6 Å². The van der Waals surface area contributed by atoms with E-state index in [1.54, 1.807) is 24.4 Å². The zero-order chi connectivity index (χ0) is 27.7. The summed E-state index contributed by atoms with van der Waals surface area (Å²) in [5, 5.41) is 6.07. The van der Waals surface area contributed by atoms with Gasteiger partial charge < -0.3 is 24.8 Å². The molecule has 1 fully saturated rings. The van der Waals surface area contributed by atoms with Gasteiger partial charge in [-0.25, -0.2) is 14.4 Å². The number of fused-ring (bicyclic) bond motifs is 1. The Morgan fingerprint density at radius 3 is 2.62 bits per heavy atom. The van der Waals surface area contributed by atoms with Crippen LogP contribution in [0.1, 0.15) is 45.6 Å². The molecule has 9 heteroatoms. The van der Waals surface area contributed by atoms with Crippen LogP contribution in [0.5, 0.6) is 11.5 Å². The molecule has 0 bridgehead atoms. The number of benzene rings is 2. The maximum absolute atomic E-state index is 14.5. The first-order valence-electron chi connectivity index (χ1n) is 13.4. The van der Waals surface area contributed by atoms with Crippen LogP contribution < -0.4 is 15.4 Å². The SMILES string of the molecule is CC(C)c1ccc(F)c(Nc2nc3cc(Oc4ccnc(NC(=O)[C@@H]5CCN(C(C)C)C5)c4)ccc3n2C)c1. The summed E-state index contributed by atoms with van der Waals surface area (Å²) < 4.78 is 22.5. The summed E-state index contributed by atoms with van der Waals surface area (Å²) in [6.45, 7) is 10.1. The Balaban J connectivity index is 1.29. The minimum Gasteiger partial charge on any atom is -0.457 e. The molecule has 39 heavy (non-hydrogen) atoms. The van der Waals surface area contributed by atoms with E-state index in [1.807, 2.05) is 35.9 Å². The topological polar surface area (TPSA) is 84.3 Å². The monoisotopic (exact) mass is 530 g/mol. The van der Waals surface area contributed by atoms with Crippen LogP contribution in [0.15, 0.2) is 54.7 Å². The van der Waals surface area contributed by atoms with Crippen LogP contribution in [0.3, 0.4) is 0 Å². The van der Waals surface area contributed by atoms with Crippen molar-refractivity contribution >= 4 is 34.4 Å². The molecule has 0 spiro atoms. The largest absolute Gasteiger partial charge is 0.457 e. The van der Waals surface area contributed by atoms with Gasteiger partial charge in [0.25, 0.3) is 0 Å². The van der Waals surface area contributed by atoms with Gasteiger partial charge in [0.05, 0.1) is 22.6 Å². The summed E-state index contributed by atoms with van der Waals surface area (Å²) in [5.74, 6) is 2.01. The Labute approximate surface area is 228 Å². The summed E-state index contributed by atoms with van der Waals surface area (Å²) in [7, 11) is 1.88. The highest BCUT2D eigenvalue weighted by molar-refractivity contribution is 5.92. The molecule has 0 unspecified atom stereocenters. The lowest BCUT2D eigenvalue weighted by atomic mass is 10.0. The lowest BCUT2D eigenvalue weighted by Crippen LogP contribution is -2.31. The minimum absolute atomic E-state index is 0.0203. The van der Waals surface area contributed by atoms with Crippen molar-refractivity contribution in [2.75, 3.05) is 23.7 Å². The quantitative estimate of drug-likeness (QED) is 0.273. The van der Waals surface area contributed by atoms with Crippen LogP contribution in [0.2, 0.25) is 0 Å². The van der Waals surface area contributed by atoms with E-state index in [-0.39, 0.29) is 23.6 Å². The van der Waals surface area contributed by atoms with Gasteiger partial charge in [-0.15, -0.1) is 0 Å². The number of hydrogen-bond donors (Lipinski definition) is 2. The molecule has 5 rings (SSSR count). The minimum atomic E-state index is -0.332. The molecule has 0 aliphatic carbocycles. The van der Waals surface area contributed by atoms with Gasteiger partial charge in [0, 0.05) is 38.0 Å². The Morgan fingerprint density at radius 2 is 1.87 bits per heavy atom. The molecule has 2 aromatic heterocycles. The number of ether oxygens (including phenoxy) is 1. The number of aryl methyl sites for hydroxylation is 1. The Morgan fingerprint density at radius 1 is 1.08 bits per heavy atom. The molecule has 204 valence electrons. The fraction of sp³-hybridized carbons (Fsp3) is 0.367. The van der Waals surface area contributed by atoms with Crippen molar-refractivity contribution in [2.45, 2.75) is 46.1 Å². The summed E-state index contributed by atoms with van der Waals surface area (Å²) in [4.78, 5) is 24.1. The molecular formula is C30H35FN6O2. The first kappa shape index (κ1) is 26.6. The van der Waals surface area contributed by atoms with E-state index in [4.69, 9.17) is 4.74 Å². The van der Waals surface area contributed by atoms with E-state index < -0.39 is 0 Å². The highest BCUT2D eigenvalue weighted by Crippen LogP contribution is 2.30. The van der Waals surface area contributed by atoms with Crippen LogP contribution in [0.4, 0.5) is 21.8 Å². The van der Waals surface area contributed by atoms with Crippen molar-refractivity contribution in [3.8, 4) is 11.5 Å². The van der Waals surface area contributed by atoms with Crippen LogP contribution in [0.25, 0.3) is 11.0 Å². The molecule has 3 heterocycles. The van der Waals surface area contributed by atoms with Crippen LogP contribution in [-0.2, 0) is 11.8 Å². The van der Waals surface area contributed by atoms with Crippen molar-refractivity contribution in [1.82, 2.24) is 19.4 Å². The summed E-state index contributed by atoms with van der Waals surface area (Å²) in [6.07, 6.45) is 2.46.